The third kappa shape index (κ3) is 3.54. The van der Waals surface area contributed by atoms with Crippen LogP contribution in [0.5, 0.6) is 0 Å². The minimum atomic E-state index is -0.108. The van der Waals surface area contributed by atoms with Crippen molar-refractivity contribution in [1.29, 1.82) is 0 Å². The molecule has 6 nitrogen and oxygen atoms in total. The molecule has 1 saturated heterocycles. The summed E-state index contributed by atoms with van der Waals surface area (Å²) in [6.07, 6.45) is 0. The summed E-state index contributed by atoms with van der Waals surface area (Å²) in [6.45, 7) is 7.27. The zero-order chi connectivity index (χ0) is 16.9. The van der Waals surface area contributed by atoms with E-state index in [1.165, 1.54) is 0 Å². The molecule has 2 aromatic rings. The van der Waals surface area contributed by atoms with Gasteiger partial charge in [-0.15, -0.1) is 0 Å². The van der Waals surface area contributed by atoms with Crippen molar-refractivity contribution in [2.75, 3.05) is 42.6 Å². The fourth-order valence-corrected chi connectivity index (χ4v) is 2.81. The standard InChI is InChI=1S/C18H22N4O2/c1-3-22(15-7-5-4-6-8-15)18(23)16-13-17(20-14(2)19-16)21-9-11-24-12-10-21/h4-8,13H,3,9-12H2,1-2H3. The molecular formula is C18H22N4O2. The van der Waals surface area contributed by atoms with E-state index in [0.717, 1.165) is 24.6 Å². The van der Waals surface area contributed by atoms with E-state index in [4.69, 9.17) is 4.74 Å². The molecule has 0 unspecified atom stereocenters. The van der Waals surface area contributed by atoms with Crippen molar-refractivity contribution in [3.63, 3.8) is 0 Å². The molecule has 6 heteroatoms. The lowest BCUT2D eigenvalue weighted by molar-refractivity contribution is 0.0983. The maximum atomic E-state index is 13.0. The van der Waals surface area contributed by atoms with Crippen LogP contribution in [0.1, 0.15) is 23.2 Å². The van der Waals surface area contributed by atoms with E-state index in [0.29, 0.717) is 31.3 Å². The second-order valence-electron chi connectivity index (χ2n) is 5.64. The monoisotopic (exact) mass is 326 g/mol. The quantitative estimate of drug-likeness (QED) is 0.863. The van der Waals surface area contributed by atoms with Gasteiger partial charge in [0.05, 0.1) is 13.2 Å². The highest BCUT2D eigenvalue weighted by atomic mass is 16.5. The number of amides is 1. The Morgan fingerprint density at radius 2 is 1.92 bits per heavy atom. The first-order valence-electron chi connectivity index (χ1n) is 8.24. The van der Waals surface area contributed by atoms with Crippen LogP contribution in [0.3, 0.4) is 0 Å². The van der Waals surface area contributed by atoms with Crippen LogP contribution in [0.15, 0.2) is 36.4 Å². The molecule has 3 rings (SSSR count). The average Bonchev–Trinajstić information content (AvgIpc) is 2.63. The van der Waals surface area contributed by atoms with Gasteiger partial charge in [0, 0.05) is 31.4 Å². The van der Waals surface area contributed by atoms with E-state index >= 15 is 0 Å². The molecule has 126 valence electrons. The van der Waals surface area contributed by atoms with Crippen LogP contribution in [0, 0.1) is 6.92 Å². The second-order valence-corrected chi connectivity index (χ2v) is 5.64. The lowest BCUT2D eigenvalue weighted by atomic mass is 10.2. The van der Waals surface area contributed by atoms with Crippen molar-refractivity contribution < 1.29 is 9.53 Å². The third-order valence-electron chi connectivity index (χ3n) is 4.01. The van der Waals surface area contributed by atoms with Gasteiger partial charge in [-0.3, -0.25) is 4.79 Å². The van der Waals surface area contributed by atoms with Crippen molar-refractivity contribution >= 4 is 17.4 Å². The first-order valence-corrected chi connectivity index (χ1v) is 8.24. The number of anilines is 2. The zero-order valence-electron chi connectivity index (χ0n) is 14.1. The fraction of sp³-hybridized carbons (Fsp3) is 0.389. The molecule has 0 atom stereocenters. The second kappa shape index (κ2) is 7.40. The summed E-state index contributed by atoms with van der Waals surface area (Å²) in [5.74, 6) is 1.29. The molecule has 0 radical (unpaired) electrons. The molecule has 1 aliphatic heterocycles. The summed E-state index contributed by atoms with van der Waals surface area (Å²) in [6, 6.07) is 11.4. The molecule has 0 N–H and O–H groups in total. The number of aromatic nitrogens is 2. The van der Waals surface area contributed by atoms with Gasteiger partial charge in [0.1, 0.15) is 17.3 Å². The van der Waals surface area contributed by atoms with Crippen LogP contribution in [0.25, 0.3) is 0 Å². The predicted molar refractivity (Wildman–Crippen MR) is 93.6 cm³/mol. The average molecular weight is 326 g/mol. The minimum absolute atomic E-state index is 0.108. The number of carbonyl (C=O) groups excluding carboxylic acids is 1. The number of hydrogen-bond donors (Lipinski definition) is 0. The smallest absolute Gasteiger partial charge is 0.277 e. The minimum Gasteiger partial charge on any atom is -0.378 e. The lowest BCUT2D eigenvalue weighted by Gasteiger charge is -2.28. The molecular weight excluding hydrogens is 304 g/mol. The van der Waals surface area contributed by atoms with Crippen molar-refractivity contribution in [1.82, 2.24) is 9.97 Å². The SMILES string of the molecule is CCN(C(=O)c1cc(N2CCOCC2)nc(C)n1)c1ccccc1. The number of aryl methyl sites for hydroxylation is 1. The predicted octanol–water partition coefficient (Wildman–Crippen LogP) is 2.29. The van der Waals surface area contributed by atoms with Crippen molar-refractivity contribution in [2.45, 2.75) is 13.8 Å². The van der Waals surface area contributed by atoms with Gasteiger partial charge in [0.25, 0.3) is 5.91 Å². The van der Waals surface area contributed by atoms with Gasteiger partial charge in [-0.25, -0.2) is 9.97 Å². The van der Waals surface area contributed by atoms with E-state index in [-0.39, 0.29) is 5.91 Å². The number of morpholine rings is 1. The molecule has 2 heterocycles. The summed E-state index contributed by atoms with van der Waals surface area (Å²) >= 11 is 0. The van der Waals surface area contributed by atoms with Crippen LogP contribution in [0.2, 0.25) is 0 Å². The Hall–Kier alpha value is -2.47. The Morgan fingerprint density at radius 3 is 2.58 bits per heavy atom. The number of benzene rings is 1. The van der Waals surface area contributed by atoms with E-state index in [2.05, 4.69) is 14.9 Å². The normalized spacial score (nSPS) is 14.5. The summed E-state index contributed by atoms with van der Waals surface area (Å²) in [5, 5.41) is 0. The van der Waals surface area contributed by atoms with Gasteiger partial charge in [-0.05, 0) is 26.0 Å². The number of ether oxygens (including phenoxy) is 1. The number of rotatable bonds is 4. The molecule has 1 aromatic carbocycles. The highest BCUT2D eigenvalue weighted by molar-refractivity contribution is 6.05. The maximum Gasteiger partial charge on any atom is 0.277 e. The molecule has 0 spiro atoms. The summed E-state index contributed by atoms with van der Waals surface area (Å²) in [5.41, 5.74) is 1.30. The topological polar surface area (TPSA) is 58.6 Å². The Bertz CT molecular complexity index is 699. The first-order chi connectivity index (χ1) is 11.7. The maximum absolute atomic E-state index is 13.0. The first kappa shape index (κ1) is 16.4. The molecule has 1 aliphatic rings. The molecule has 1 fully saturated rings. The molecule has 0 bridgehead atoms. The Kier molecular flexibility index (Phi) is 5.05. The van der Waals surface area contributed by atoms with Gasteiger partial charge in [-0.2, -0.15) is 0 Å². The third-order valence-corrected chi connectivity index (χ3v) is 4.01. The number of para-hydroxylation sites is 1. The van der Waals surface area contributed by atoms with Crippen LogP contribution in [-0.4, -0.2) is 48.7 Å². The molecule has 0 saturated carbocycles. The summed E-state index contributed by atoms with van der Waals surface area (Å²) in [4.78, 5) is 25.7. The molecule has 24 heavy (non-hydrogen) atoms. The Morgan fingerprint density at radius 1 is 1.21 bits per heavy atom. The molecule has 1 amide bonds. The highest BCUT2D eigenvalue weighted by Crippen LogP contribution is 2.19. The number of hydrogen-bond acceptors (Lipinski definition) is 5. The number of carbonyl (C=O) groups is 1. The van der Waals surface area contributed by atoms with Gasteiger partial charge in [0.15, 0.2) is 0 Å². The Labute approximate surface area is 142 Å². The van der Waals surface area contributed by atoms with E-state index in [1.807, 2.05) is 44.2 Å². The van der Waals surface area contributed by atoms with E-state index < -0.39 is 0 Å². The zero-order valence-corrected chi connectivity index (χ0v) is 14.1. The van der Waals surface area contributed by atoms with Crippen LogP contribution in [-0.2, 0) is 4.74 Å². The number of nitrogens with zero attached hydrogens (tertiary/aromatic N) is 4. The lowest BCUT2D eigenvalue weighted by Crippen LogP contribution is -2.37. The van der Waals surface area contributed by atoms with Gasteiger partial charge < -0.3 is 14.5 Å². The molecule has 0 aliphatic carbocycles. The molecule has 1 aromatic heterocycles. The van der Waals surface area contributed by atoms with E-state index in [1.54, 1.807) is 11.0 Å². The van der Waals surface area contributed by atoms with Gasteiger partial charge in [0.2, 0.25) is 0 Å². The van der Waals surface area contributed by atoms with Crippen molar-refractivity contribution in [3.8, 4) is 0 Å². The van der Waals surface area contributed by atoms with Gasteiger partial charge in [-0.1, -0.05) is 18.2 Å². The largest absolute Gasteiger partial charge is 0.378 e. The van der Waals surface area contributed by atoms with Crippen molar-refractivity contribution in [3.05, 3.63) is 47.9 Å². The van der Waals surface area contributed by atoms with E-state index in [9.17, 15) is 4.79 Å². The fourth-order valence-electron chi connectivity index (χ4n) is 2.81. The van der Waals surface area contributed by atoms with Crippen molar-refractivity contribution in [2.24, 2.45) is 0 Å². The van der Waals surface area contributed by atoms with Crippen LogP contribution < -0.4 is 9.80 Å². The van der Waals surface area contributed by atoms with Crippen LogP contribution >= 0.6 is 0 Å². The summed E-state index contributed by atoms with van der Waals surface area (Å²) in [7, 11) is 0. The highest BCUT2D eigenvalue weighted by Gasteiger charge is 2.21. The van der Waals surface area contributed by atoms with Crippen LogP contribution in [0.4, 0.5) is 11.5 Å². The Balaban J connectivity index is 1.90. The summed E-state index contributed by atoms with van der Waals surface area (Å²) < 4.78 is 5.38. The van der Waals surface area contributed by atoms with Gasteiger partial charge >= 0.3 is 0 Å².